The first-order chi connectivity index (χ1) is 11.8. The molecule has 1 aromatic carbocycles. The zero-order valence-corrected chi connectivity index (χ0v) is 14.6. The van der Waals surface area contributed by atoms with Crippen molar-refractivity contribution in [2.24, 2.45) is 0 Å². The van der Waals surface area contributed by atoms with Crippen LogP contribution in [-0.4, -0.2) is 22.4 Å². The summed E-state index contributed by atoms with van der Waals surface area (Å²) in [5.74, 6) is -1.38. The molecule has 1 saturated heterocycles. The molecule has 1 fully saturated rings. The second kappa shape index (κ2) is 6.05. The molecule has 1 aliphatic rings. The summed E-state index contributed by atoms with van der Waals surface area (Å²) < 4.78 is 2.11. The normalized spacial score (nSPS) is 14.4. The number of aromatic nitrogens is 1. The number of benzene rings is 1. The molecule has 0 saturated carbocycles. The highest BCUT2D eigenvalue weighted by Gasteiger charge is 2.28. The lowest BCUT2D eigenvalue weighted by molar-refractivity contribution is -0.123. The van der Waals surface area contributed by atoms with Crippen molar-refractivity contribution in [3.63, 3.8) is 0 Å². The topological polar surface area (TPSA) is 80.2 Å². The Morgan fingerprint density at radius 3 is 2.04 bits per heavy atom. The highest BCUT2D eigenvalue weighted by Crippen LogP contribution is 2.27. The Morgan fingerprint density at radius 1 is 0.920 bits per heavy atom. The molecule has 1 aromatic heterocycles. The molecule has 0 unspecified atom stereocenters. The predicted molar refractivity (Wildman–Crippen MR) is 94.4 cm³/mol. The van der Waals surface area contributed by atoms with Gasteiger partial charge in [-0.1, -0.05) is 18.2 Å². The number of imide groups is 2. The zero-order chi connectivity index (χ0) is 18.3. The van der Waals surface area contributed by atoms with Crippen LogP contribution in [0.3, 0.4) is 0 Å². The van der Waals surface area contributed by atoms with Crippen LogP contribution >= 0.6 is 0 Å². The van der Waals surface area contributed by atoms with E-state index in [2.05, 4.69) is 15.2 Å². The Hall–Kier alpha value is -3.15. The van der Waals surface area contributed by atoms with E-state index in [4.69, 9.17) is 0 Å². The van der Waals surface area contributed by atoms with Gasteiger partial charge >= 0.3 is 6.03 Å². The van der Waals surface area contributed by atoms with E-state index in [0.717, 1.165) is 33.8 Å². The predicted octanol–water partition coefficient (Wildman–Crippen LogP) is 2.46. The van der Waals surface area contributed by atoms with Crippen LogP contribution in [0.5, 0.6) is 0 Å². The van der Waals surface area contributed by atoms with Crippen molar-refractivity contribution in [3.8, 4) is 5.69 Å². The van der Waals surface area contributed by atoms with E-state index in [9.17, 15) is 14.4 Å². The molecule has 0 bridgehead atoms. The molecule has 6 nitrogen and oxygen atoms in total. The maximum Gasteiger partial charge on any atom is 0.328 e. The van der Waals surface area contributed by atoms with E-state index < -0.39 is 17.8 Å². The molecule has 0 spiro atoms. The molecular formula is C19H19N3O3. The summed E-state index contributed by atoms with van der Waals surface area (Å²) in [6.07, 6.45) is 1.52. The minimum absolute atomic E-state index is 0.0821. The van der Waals surface area contributed by atoms with Gasteiger partial charge in [-0.25, -0.2) is 4.79 Å². The molecule has 2 aromatic rings. The van der Waals surface area contributed by atoms with Crippen molar-refractivity contribution >= 4 is 23.9 Å². The first-order valence-electron chi connectivity index (χ1n) is 7.93. The number of hydrogen-bond acceptors (Lipinski definition) is 3. The van der Waals surface area contributed by atoms with Crippen molar-refractivity contribution in [1.82, 2.24) is 15.2 Å². The van der Waals surface area contributed by atoms with Crippen LogP contribution in [0.2, 0.25) is 0 Å². The summed E-state index contributed by atoms with van der Waals surface area (Å²) in [5, 5.41) is 4.17. The fourth-order valence-electron chi connectivity index (χ4n) is 3.20. The van der Waals surface area contributed by atoms with Gasteiger partial charge in [0.15, 0.2) is 0 Å². The van der Waals surface area contributed by atoms with Gasteiger partial charge < -0.3 is 4.57 Å². The van der Waals surface area contributed by atoms with Crippen LogP contribution in [0.15, 0.2) is 29.8 Å². The van der Waals surface area contributed by atoms with Gasteiger partial charge in [-0.3, -0.25) is 20.2 Å². The molecular weight excluding hydrogens is 318 g/mol. The maximum atomic E-state index is 11.9. The van der Waals surface area contributed by atoms with E-state index in [1.807, 2.05) is 52.0 Å². The van der Waals surface area contributed by atoms with Crippen molar-refractivity contribution in [1.29, 1.82) is 0 Å². The molecule has 1 aliphatic heterocycles. The Labute approximate surface area is 145 Å². The van der Waals surface area contributed by atoms with Gasteiger partial charge in [0.1, 0.15) is 5.57 Å². The van der Waals surface area contributed by atoms with Crippen molar-refractivity contribution in [2.75, 3.05) is 0 Å². The molecule has 3 rings (SSSR count). The molecule has 0 radical (unpaired) electrons. The number of barbiturate groups is 1. The summed E-state index contributed by atoms with van der Waals surface area (Å²) in [6, 6.07) is 7.23. The van der Waals surface area contributed by atoms with Crippen LogP contribution in [0, 0.1) is 27.7 Å². The van der Waals surface area contributed by atoms with E-state index in [1.54, 1.807) is 0 Å². The van der Waals surface area contributed by atoms with Gasteiger partial charge in [0.2, 0.25) is 0 Å². The van der Waals surface area contributed by atoms with E-state index >= 15 is 0 Å². The number of nitrogens with zero attached hydrogens (tertiary/aromatic N) is 1. The Kier molecular flexibility index (Phi) is 4.04. The molecule has 4 amide bonds. The monoisotopic (exact) mass is 337 g/mol. The number of carbonyl (C=O) groups is 3. The number of urea groups is 1. The first kappa shape index (κ1) is 16.7. The Morgan fingerprint density at radius 2 is 1.48 bits per heavy atom. The van der Waals surface area contributed by atoms with Crippen LogP contribution < -0.4 is 10.6 Å². The summed E-state index contributed by atoms with van der Waals surface area (Å²) >= 11 is 0. The maximum absolute atomic E-state index is 11.9. The van der Waals surface area contributed by atoms with Gasteiger partial charge in [-0.2, -0.15) is 0 Å². The standard InChI is InChI=1S/C19H19N3O3/c1-10-6-5-7-11(2)16(10)22-12(3)8-14(13(22)4)9-15-17(23)20-19(25)21-18(15)24/h5-9H,1-4H3,(H2,20,21,23,24,25). The van der Waals surface area contributed by atoms with Crippen LogP contribution in [0.4, 0.5) is 4.79 Å². The van der Waals surface area contributed by atoms with Crippen molar-refractivity contribution in [3.05, 3.63) is 57.9 Å². The lowest BCUT2D eigenvalue weighted by atomic mass is 10.1. The van der Waals surface area contributed by atoms with Crippen LogP contribution in [-0.2, 0) is 9.59 Å². The second-order valence-corrected chi connectivity index (χ2v) is 6.20. The van der Waals surface area contributed by atoms with Crippen LogP contribution in [0.1, 0.15) is 28.1 Å². The number of nitrogens with one attached hydrogen (secondary N) is 2. The fraction of sp³-hybridized carbons (Fsp3) is 0.211. The third kappa shape index (κ3) is 2.87. The third-order valence-electron chi connectivity index (χ3n) is 4.38. The summed E-state index contributed by atoms with van der Waals surface area (Å²) in [4.78, 5) is 35.0. The van der Waals surface area contributed by atoms with E-state index in [1.165, 1.54) is 6.08 Å². The number of rotatable bonds is 2. The van der Waals surface area contributed by atoms with Gasteiger partial charge in [-0.05, 0) is 56.5 Å². The lowest BCUT2D eigenvalue weighted by Gasteiger charge is -2.16. The minimum Gasteiger partial charge on any atom is -0.317 e. The lowest BCUT2D eigenvalue weighted by Crippen LogP contribution is -2.51. The van der Waals surface area contributed by atoms with Gasteiger partial charge in [0, 0.05) is 11.4 Å². The second-order valence-electron chi connectivity index (χ2n) is 6.20. The number of hydrogen-bond donors (Lipinski definition) is 2. The molecule has 0 atom stereocenters. The van der Waals surface area contributed by atoms with Gasteiger partial charge in [0.05, 0.1) is 5.69 Å². The number of para-hydroxylation sites is 1. The molecule has 6 heteroatoms. The number of aryl methyl sites for hydroxylation is 3. The van der Waals surface area contributed by atoms with Gasteiger partial charge in [0.25, 0.3) is 11.8 Å². The highest BCUT2D eigenvalue weighted by molar-refractivity contribution is 6.31. The smallest absolute Gasteiger partial charge is 0.317 e. The fourth-order valence-corrected chi connectivity index (χ4v) is 3.20. The molecule has 128 valence electrons. The summed E-state index contributed by atoms with van der Waals surface area (Å²) in [5.41, 5.74) is 5.96. The number of amides is 4. The highest BCUT2D eigenvalue weighted by atomic mass is 16.2. The van der Waals surface area contributed by atoms with E-state index in [0.29, 0.717) is 0 Å². The van der Waals surface area contributed by atoms with Crippen molar-refractivity contribution in [2.45, 2.75) is 27.7 Å². The SMILES string of the molecule is Cc1cccc(C)c1-n1c(C)cc(C=C2C(=O)NC(=O)NC2=O)c1C. The zero-order valence-electron chi connectivity index (χ0n) is 14.6. The number of carbonyl (C=O) groups excluding carboxylic acids is 3. The first-order valence-corrected chi connectivity index (χ1v) is 7.93. The average molecular weight is 337 g/mol. The molecule has 2 heterocycles. The third-order valence-corrected chi connectivity index (χ3v) is 4.38. The van der Waals surface area contributed by atoms with Gasteiger partial charge in [-0.15, -0.1) is 0 Å². The molecule has 2 N–H and O–H groups in total. The molecule has 25 heavy (non-hydrogen) atoms. The summed E-state index contributed by atoms with van der Waals surface area (Å²) in [7, 11) is 0. The average Bonchev–Trinajstić information content (AvgIpc) is 2.78. The summed E-state index contributed by atoms with van der Waals surface area (Å²) in [6.45, 7) is 8.01. The van der Waals surface area contributed by atoms with Crippen LogP contribution in [0.25, 0.3) is 11.8 Å². The van der Waals surface area contributed by atoms with Crippen molar-refractivity contribution < 1.29 is 14.4 Å². The molecule has 0 aliphatic carbocycles. The quantitative estimate of drug-likeness (QED) is 0.652. The van der Waals surface area contributed by atoms with E-state index in [-0.39, 0.29) is 5.57 Å². The Bertz CT molecular complexity index is 909. The Balaban J connectivity index is 2.13. The minimum atomic E-state index is -0.798. The largest absolute Gasteiger partial charge is 0.328 e.